The summed E-state index contributed by atoms with van der Waals surface area (Å²) in [5, 5.41) is 2.99. The van der Waals surface area contributed by atoms with Gasteiger partial charge in [0.1, 0.15) is 0 Å². The number of thiol groups is 1. The van der Waals surface area contributed by atoms with Gasteiger partial charge in [0, 0.05) is 31.0 Å². The molecule has 86 valence electrons. The predicted octanol–water partition coefficient (Wildman–Crippen LogP) is 0.965. The van der Waals surface area contributed by atoms with Crippen LogP contribution in [-0.4, -0.2) is 35.3 Å². The van der Waals surface area contributed by atoms with E-state index in [4.69, 9.17) is 0 Å². The number of hydrogen-bond acceptors (Lipinski definition) is 3. The van der Waals surface area contributed by atoms with E-state index in [-0.39, 0.29) is 22.7 Å². The third kappa shape index (κ3) is 1.68. The molecule has 0 aromatic carbocycles. The summed E-state index contributed by atoms with van der Waals surface area (Å²) in [6.07, 6.45) is 0. The first-order chi connectivity index (χ1) is 6.88. The molecule has 1 heterocycles. The minimum Gasteiger partial charge on any atom is -0.359 e. The highest BCUT2D eigenvalue weighted by molar-refractivity contribution is 7.80. The molecule has 0 aromatic rings. The molecule has 0 bridgehead atoms. The number of nitrogens with zero attached hydrogens (tertiary/aromatic N) is 1. The fourth-order valence-corrected chi connectivity index (χ4v) is 3.64. The van der Waals surface area contributed by atoms with E-state index in [1.54, 1.807) is 7.05 Å². The van der Waals surface area contributed by atoms with Crippen molar-refractivity contribution in [3.05, 3.63) is 0 Å². The average molecular weight is 228 g/mol. The van der Waals surface area contributed by atoms with Crippen LogP contribution in [0.25, 0.3) is 0 Å². The zero-order valence-corrected chi connectivity index (χ0v) is 10.7. The Kier molecular flexibility index (Phi) is 2.54. The van der Waals surface area contributed by atoms with E-state index < -0.39 is 0 Å². The number of fused-ring (bicyclic) bond motifs is 1. The van der Waals surface area contributed by atoms with E-state index >= 15 is 0 Å². The average Bonchev–Trinajstić information content (AvgIpc) is 2.75. The standard InChI is InChI=1S/C11H20N2OS/c1-11(2,3)13-5-6-7(9(14)12-4)8(6)10(13)15/h6-8,10,15H,5H2,1-4H3,(H,12,14)/t6-,7-,8-,10+/m0/s1. The Morgan fingerprint density at radius 3 is 2.40 bits per heavy atom. The van der Waals surface area contributed by atoms with Crippen LogP contribution in [0.3, 0.4) is 0 Å². The van der Waals surface area contributed by atoms with Crippen LogP contribution in [0.4, 0.5) is 0 Å². The van der Waals surface area contributed by atoms with E-state index in [0.29, 0.717) is 11.8 Å². The SMILES string of the molecule is CNC(=O)[C@H]1[C@@H]2CN(C(C)(C)C)[C@H](S)[C@@H]21. The summed E-state index contributed by atoms with van der Waals surface area (Å²) in [7, 11) is 1.71. The normalized spacial score (nSPS) is 40.1. The van der Waals surface area contributed by atoms with Crippen molar-refractivity contribution in [2.24, 2.45) is 17.8 Å². The Morgan fingerprint density at radius 2 is 2.07 bits per heavy atom. The number of carbonyl (C=O) groups excluding carboxylic acids is 1. The third-order valence-electron chi connectivity index (χ3n) is 3.71. The number of nitrogens with one attached hydrogen (secondary N) is 1. The van der Waals surface area contributed by atoms with Crippen LogP contribution in [0.1, 0.15) is 20.8 Å². The van der Waals surface area contributed by atoms with Gasteiger partial charge in [0.25, 0.3) is 0 Å². The van der Waals surface area contributed by atoms with E-state index in [1.807, 2.05) is 0 Å². The fourth-order valence-electron chi connectivity index (χ4n) is 2.79. The molecule has 0 radical (unpaired) electrons. The van der Waals surface area contributed by atoms with Gasteiger partial charge in [0.05, 0.1) is 5.37 Å². The monoisotopic (exact) mass is 228 g/mol. The number of likely N-dealkylation sites (tertiary alicyclic amines) is 1. The second-order valence-corrected chi connectivity index (χ2v) is 6.15. The second-order valence-electron chi connectivity index (χ2n) is 5.62. The maximum atomic E-state index is 11.5. The van der Waals surface area contributed by atoms with Crippen LogP contribution < -0.4 is 5.32 Å². The molecule has 4 atom stereocenters. The van der Waals surface area contributed by atoms with Crippen molar-refractivity contribution < 1.29 is 4.79 Å². The Hall–Kier alpha value is -0.220. The molecule has 1 saturated carbocycles. The van der Waals surface area contributed by atoms with Crippen LogP contribution in [0.2, 0.25) is 0 Å². The summed E-state index contributed by atoms with van der Waals surface area (Å²) < 4.78 is 0. The molecule has 1 aliphatic carbocycles. The molecule has 15 heavy (non-hydrogen) atoms. The van der Waals surface area contributed by atoms with Gasteiger partial charge in [-0.15, -0.1) is 0 Å². The first kappa shape index (κ1) is 11.3. The number of piperidine rings is 1. The van der Waals surface area contributed by atoms with Crippen molar-refractivity contribution in [2.45, 2.75) is 31.7 Å². The van der Waals surface area contributed by atoms with Gasteiger partial charge in [-0.05, 0) is 26.7 Å². The fraction of sp³-hybridized carbons (Fsp3) is 0.909. The number of amides is 1. The van der Waals surface area contributed by atoms with Gasteiger partial charge in [-0.1, -0.05) is 0 Å². The van der Waals surface area contributed by atoms with Crippen molar-refractivity contribution in [2.75, 3.05) is 13.6 Å². The van der Waals surface area contributed by atoms with Gasteiger partial charge < -0.3 is 5.32 Å². The summed E-state index contributed by atoms with van der Waals surface area (Å²) >= 11 is 4.66. The smallest absolute Gasteiger partial charge is 0.223 e. The number of rotatable bonds is 1. The zero-order chi connectivity index (χ0) is 11.4. The lowest BCUT2D eigenvalue weighted by Crippen LogP contribution is -2.46. The van der Waals surface area contributed by atoms with E-state index in [1.165, 1.54) is 0 Å². The van der Waals surface area contributed by atoms with Crippen molar-refractivity contribution in [3.8, 4) is 0 Å². The van der Waals surface area contributed by atoms with Crippen molar-refractivity contribution in [1.82, 2.24) is 10.2 Å². The Bertz CT molecular complexity index is 287. The van der Waals surface area contributed by atoms with Gasteiger partial charge in [-0.2, -0.15) is 12.6 Å². The highest BCUT2D eigenvalue weighted by Gasteiger charge is 2.64. The van der Waals surface area contributed by atoms with Crippen molar-refractivity contribution in [3.63, 3.8) is 0 Å². The highest BCUT2D eigenvalue weighted by atomic mass is 32.1. The molecule has 2 aliphatic rings. The highest BCUT2D eigenvalue weighted by Crippen LogP contribution is 2.57. The summed E-state index contributed by atoms with van der Waals surface area (Å²) in [4.78, 5) is 13.9. The Morgan fingerprint density at radius 1 is 1.47 bits per heavy atom. The summed E-state index contributed by atoms with van der Waals surface area (Å²) in [6, 6.07) is 0. The molecule has 1 aliphatic heterocycles. The van der Waals surface area contributed by atoms with Crippen LogP contribution in [-0.2, 0) is 4.79 Å². The van der Waals surface area contributed by atoms with Crippen molar-refractivity contribution >= 4 is 18.5 Å². The molecule has 1 amide bonds. The van der Waals surface area contributed by atoms with Crippen molar-refractivity contribution in [1.29, 1.82) is 0 Å². The maximum absolute atomic E-state index is 11.5. The lowest BCUT2D eigenvalue weighted by molar-refractivity contribution is -0.123. The number of carbonyl (C=O) groups is 1. The van der Waals surface area contributed by atoms with E-state index in [2.05, 4.69) is 43.6 Å². The van der Waals surface area contributed by atoms with Gasteiger partial charge in [-0.3, -0.25) is 9.69 Å². The quantitative estimate of drug-likeness (QED) is 0.655. The minimum absolute atomic E-state index is 0.160. The molecule has 0 aromatic heterocycles. The second kappa shape index (κ2) is 3.39. The Balaban J connectivity index is 2.02. The first-order valence-electron chi connectivity index (χ1n) is 5.54. The molecular weight excluding hydrogens is 208 g/mol. The summed E-state index contributed by atoms with van der Waals surface area (Å²) in [5.74, 6) is 1.41. The molecule has 3 nitrogen and oxygen atoms in total. The first-order valence-corrected chi connectivity index (χ1v) is 6.06. The molecular formula is C11H20N2OS. The van der Waals surface area contributed by atoms with Gasteiger partial charge in [0.15, 0.2) is 0 Å². The Labute approximate surface area is 97.0 Å². The largest absolute Gasteiger partial charge is 0.359 e. The molecule has 0 spiro atoms. The molecule has 1 N–H and O–H groups in total. The third-order valence-corrected chi connectivity index (χ3v) is 4.33. The van der Waals surface area contributed by atoms with Crippen LogP contribution in [0.15, 0.2) is 0 Å². The van der Waals surface area contributed by atoms with Crippen LogP contribution >= 0.6 is 12.6 Å². The predicted molar refractivity (Wildman–Crippen MR) is 63.8 cm³/mol. The molecule has 2 fully saturated rings. The van der Waals surface area contributed by atoms with Crippen LogP contribution in [0.5, 0.6) is 0 Å². The molecule has 0 unspecified atom stereocenters. The molecule has 2 rings (SSSR count). The topological polar surface area (TPSA) is 32.3 Å². The maximum Gasteiger partial charge on any atom is 0.223 e. The van der Waals surface area contributed by atoms with Crippen LogP contribution in [0, 0.1) is 17.8 Å². The van der Waals surface area contributed by atoms with E-state index in [9.17, 15) is 4.79 Å². The number of hydrogen-bond donors (Lipinski definition) is 2. The summed E-state index contributed by atoms with van der Waals surface area (Å²) in [5.41, 5.74) is 0.160. The zero-order valence-electron chi connectivity index (χ0n) is 9.82. The molecule has 1 saturated heterocycles. The summed E-state index contributed by atoms with van der Waals surface area (Å²) in [6.45, 7) is 7.63. The molecule has 4 heteroatoms. The van der Waals surface area contributed by atoms with Gasteiger partial charge >= 0.3 is 0 Å². The lowest BCUT2D eigenvalue weighted by atomic mass is 10.1. The van der Waals surface area contributed by atoms with E-state index in [0.717, 1.165) is 6.54 Å². The van der Waals surface area contributed by atoms with Gasteiger partial charge in [-0.25, -0.2) is 0 Å². The minimum atomic E-state index is 0.160. The lowest BCUT2D eigenvalue weighted by Gasteiger charge is -2.37. The van der Waals surface area contributed by atoms with Gasteiger partial charge in [0.2, 0.25) is 5.91 Å².